The smallest absolute Gasteiger partial charge is 0.292 e. The second-order valence-corrected chi connectivity index (χ2v) is 6.45. The van der Waals surface area contributed by atoms with E-state index >= 15 is 0 Å². The Morgan fingerprint density at radius 1 is 1.52 bits per heavy atom. The minimum atomic E-state index is -0.421. The number of nitrogens with one attached hydrogen (secondary N) is 1. The minimum Gasteiger partial charge on any atom is -0.379 e. The fraction of sp³-hybridized carbons (Fsp3) is 0.500. The maximum absolute atomic E-state index is 12.0. The van der Waals surface area contributed by atoms with Crippen LogP contribution < -0.4 is 5.32 Å². The average molecular weight is 309 g/mol. The van der Waals surface area contributed by atoms with E-state index in [0.717, 1.165) is 17.9 Å². The van der Waals surface area contributed by atoms with E-state index in [9.17, 15) is 14.9 Å². The monoisotopic (exact) mass is 309 g/mol. The van der Waals surface area contributed by atoms with E-state index in [0.29, 0.717) is 23.7 Å². The summed E-state index contributed by atoms with van der Waals surface area (Å²) in [6.45, 7) is 0.702. The van der Waals surface area contributed by atoms with Crippen molar-refractivity contribution >= 4 is 29.0 Å². The Kier molecular flexibility index (Phi) is 5.06. The molecule has 0 radical (unpaired) electrons. The van der Waals surface area contributed by atoms with Gasteiger partial charge < -0.3 is 10.2 Å². The number of nitrogens with zero attached hydrogens (tertiary/aromatic N) is 2. The molecule has 7 heteroatoms. The first-order valence-corrected chi connectivity index (χ1v) is 7.96. The van der Waals surface area contributed by atoms with E-state index < -0.39 is 4.92 Å². The van der Waals surface area contributed by atoms with Crippen molar-refractivity contribution in [2.75, 3.05) is 37.5 Å². The summed E-state index contributed by atoms with van der Waals surface area (Å²) in [5, 5.41) is 14.2. The van der Waals surface area contributed by atoms with Gasteiger partial charge in [0.05, 0.1) is 4.92 Å². The van der Waals surface area contributed by atoms with Crippen molar-refractivity contribution in [2.45, 2.75) is 6.42 Å². The number of amides is 1. The van der Waals surface area contributed by atoms with E-state index in [-0.39, 0.29) is 11.6 Å². The molecule has 1 aliphatic rings. The number of nitro benzene ring substituents is 1. The van der Waals surface area contributed by atoms with Crippen LogP contribution in [0.5, 0.6) is 0 Å². The molecule has 1 aliphatic heterocycles. The third kappa shape index (κ3) is 3.87. The molecule has 1 unspecified atom stereocenters. The molecule has 1 aromatic rings. The molecule has 1 atom stereocenters. The second kappa shape index (κ2) is 6.80. The first-order valence-electron chi connectivity index (χ1n) is 6.80. The van der Waals surface area contributed by atoms with Crippen LogP contribution in [0.2, 0.25) is 0 Å². The van der Waals surface area contributed by atoms with Crippen LogP contribution in [-0.4, -0.2) is 47.9 Å². The third-order valence-corrected chi connectivity index (χ3v) is 4.68. The molecule has 0 aromatic heterocycles. The van der Waals surface area contributed by atoms with Crippen LogP contribution in [-0.2, 0) is 0 Å². The summed E-state index contributed by atoms with van der Waals surface area (Å²) in [5.41, 5.74) is 0.884. The quantitative estimate of drug-likeness (QED) is 0.668. The maximum Gasteiger partial charge on any atom is 0.292 e. The first-order chi connectivity index (χ1) is 9.99. The zero-order valence-electron chi connectivity index (χ0n) is 12.2. The normalized spacial score (nSPS) is 17.5. The molecule has 1 saturated heterocycles. The van der Waals surface area contributed by atoms with Crippen LogP contribution in [0, 0.1) is 16.0 Å². The van der Waals surface area contributed by atoms with Gasteiger partial charge in [0.25, 0.3) is 11.6 Å². The number of benzene rings is 1. The Labute approximate surface area is 128 Å². The van der Waals surface area contributed by atoms with E-state index in [2.05, 4.69) is 5.32 Å². The van der Waals surface area contributed by atoms with Crippen LogP contribution in [0.4, 0.5) is 11.4 Å². The molecule has 1 fully saturated rings. The zero-order valence-corrected chi connectivity index (χ0v) is 13.0. The van der Waals surface area contributed by atoms with Gasteiger partial charge in [-0.3, -0.25) is 14.9 Å². The molecule has 0 spiro atoms. The molecule has 0 saturated carbocycles. The molecule has 1 amide bonds. The topological polar surface area (TPSA) is 75.5 Å². The summed E-state index contributed by atoms with van der Waals surface area (Å²) in [6, 6.07) is 4.46. The predicted octanol–water partition coefficient (Wildman–Crippen LogP) is 2.46. The van der Waals surface area contributed by atoms with Crippen molar-refractivity contribution in [3.63, 3.8) is 0 Å². The Hall–Kier alpha value is -1.76. The summed E-state index contributed by atoms with van der Waals surface area (Å²) in [4.78, 5) is 24.1. The predicted molar refractivity (Wildman–Crippen MR) is 85.0 cm³/mol. The van der Waals surface area contributed by atoms with Crippen LogP contribution >= 0.6 is 11.8 Å². The van der Waals surface area contributed by atoms with Gasteiger partial charge in [-0.15, -0.1) is 0 Å². The molecule has 6 nitrogen and oxygen atoms in total. The molecule has 1 aromatic carbocycles. The van der Waals surface area contributed by atoms with Gasteiger partial charge in [0.2, 0.25) is 0 Å². The van der Waals surface area contributed by atoms with E-state index in [4.69, 9.17) is 0 Å². The third-order valence-electron chi connectivity index (χ3n) is 3.45. The number of hydrogen-bond acceptors (Lipinski definition) is 5. The molecular formula is C14H19N3O3S. The summed E-state index contributed by atoms with van der Waals surface area (Å²) in [6.07, 6.45) is 1.13. The van der Waals surface area contributed by atoms with Crippen molar-refractivity contribution in [3.8, 4) is 0 Å². The number of nitro groups is 1. The Bertz CT molecular complexity index is 542. The summed E-state index contributed by atoms with van der Waals surface area (Å²) >= 11 is 1.91. The summed E-state index contributed by atoms with van der Waals surface area (Å²) in [5.74, 6) is 2.59. The number of hydrogen-bond donors (Lipinski definition) is 1. The molecular weight excluding hydrogens is 290 g/mol. The fourth-order valence-corrected chi connectivity index (χ4v) is 3.51. The molecule has 1 heterocycles. The van der Waals surface area contributed by atoms with Crippen LogP contribution in [0.15, 0.2) is 18.2 Å². The average Bonchev–Trinajstić information content (AvgIpc) is 2.97. The lowest BCUT2D eigenvalue weighted by Crippen LogP contribution is -2.22. The first kappa shape index (κ1) is 15.6. The number of carbonyl (C=O) groups is 1. The molecule has 21 heavy (non-hydrogen) atoms. The van der Waals surface area contributed by atoms with Crippen LogP contribution in [0.1, 0.15) is 16.8 Å². The molecule has 1 N–H and O–H groups in total. The van der Waals surface area contributed by atoms with Crippen molar-refractivity contribution in [2.24, 2.45) is 5.92 Å². The van der Waals surface area contributed by atoms with Crippen molar-refractivity contribution < 1.29 is 9.72 Å². The molecule has 114 valence electrons. The number of anilines is 1. The summed E-state index contributed by atoms with van der Waals surface area (Å²) < 4.78 is 0. The number of carbonyl (C=O) groups excluding carboxylic acids is 1. The molecule has 0 bridgehead atoms. The van der Waals surface area contributed by atoms with Gasteiger partial charge >= 0.3 is 0 Å². The SMILES string of the molecule is CN(C)C(=O)c1ccc([N+](=O)[O-])c(NCC2CCSC2)c1. The highest BCUT2D eigenvalue weighted by Gasteiger charge is 2.20. The Morgan fingerprint density at radius 3 is 2.86 bits per heavy atom. The van der Waals surface area contributed by atoms with E-state index in [1.54, 1.807) is 20.2 Å². The van der Waals surface area contributed by atoms with Gasteiger partial charge in [-0.2, -0.15) is 11.8 Å². The van der Waals surface area contributed by atoms with Crippen molar-refractivity contribution in [1.29, 1.82) is 0 Å². The lowest BCUT2D eigenvalue weighted by atomic mass is 10.1. The lowest BCUT2D eigenvalue weighted by molar-refractivity contribution is -0.384. The molecule has 0 aliphatic carbocycles. The standard InChI is InChI=1S/C14H19N3O3S/c1-16(2)14(18)11-3-4-13(17(19)20)12(7-11)15-8-10-5-6-21-9-10/h3-4,7,10,15H,5-6,8-9H2,1-2H3. The lowest BCUT2D eigenvalue weighted by Gasteiger charge is -2.14. The van der Waals surface area contributed by atoms with Gasteiger partial charge in [0.1, 0.15) is 5.69 Å². The Balaban J connectivity index is 2.19. The second-order valence-electron chi connectivity index (χ2n) is 5.30. The molecule has 2 rings (SSSR count). The van der Waals surface area contributed by atoms with Gasteiger partial charge in [0, 0.05) is 32.3 Å². The zero-order chi connectivity index (χ0) is 15.4. The van der Waals surface area contributed by atoms with Gasteiger partial charge in [0.15, 0.2) is 0 Å². The highest BCUT2D eigenvalue weighted by molar-refractivity contribution is 7.99. The number of rotatable bonds is 5. The van der Waals surface area contributed by atoms with Gasteiger partial charge in [-0.05, 0) is 36.0 Å². The summed E-state index contributed by atoms with van der Waals surface area (Å²) in [7, 11) is 3.32. The largest absolute Gasteiger partial charge is 0.379 e. The highest BCUT2D eigenvalue weighted by atomic mass is 32.2. The Morgan fingerprint density at radius 2 is 2.29 bits per heavy atom. The van der Waals surface area contributed by atoms with Crippen molar-refractivity contribution in [3.05, 3.63) is 33.9 Å². The van der Waals surface area contributed by atoms with Crippen LogP contribution in [0.25, 0.3) is 0 Å². The van der Waals surface area contributed by atoms with E-state index in [1.165, 1.54) is 17.0 Å². The van der Waals surface area contributed by atoms with Crippen LogP contribution in [0.3, 0.4) is 0 Å². The van der Waals surface area contributed by atoms with Gasteiger partial charge in [-0.1, -0.05) is 0 Å². The highest BCUT2D eigenvalue weighted by Crippen LogP contribution is 2.28. The van der Waals surface area contributed by atoms with Crippen molar-refractivity contribution in [1.82, 2.24) is 4.90 Å². The number of thioether (sulfide) groups is 1. The van der Waals surface area contributed by atoms with E-state index in [1.807, 2.05) is 11.8 Å². The maximum atomic E-state index is 12.0. The fourth-order valence-electron chi connectivity index (χ4n) is 2.23. The minimum absolute atomic E-state index is 0.0101. The van der Waals surface area contributed by atoms with Gasteiger partial charge in [-0.25, -0.2) is 0 Å².